The van der Waals surface area contributed by atoms with E-state index in [2.05, 4.69) is 5.32 Å². The number of hydrogen-bond acceptors (Lipinski definition) is 5. The highest BCUT2D eigenvalue weighted by Crippen LogP contribution is 2.26. The van der Waals surface area contributed by atoms with E-state index < -0.39 is 9.85 Å². The predicted molar refractivity (Wildman–Crippen MR) is 93.9 cm³/mol. The molecule has 0 aromatic heterocycles. The third kappa shape index (κ3) is 4.39. The highest BCUT2D eigenvalue weighted by molar-refractivity contribution is 5.74. The number of nitro groups is 2. The van der Waals surface area contributed by atoms with Crippen LogP contribution in [0, 0.1) is 20.2 Å². The molecule has 0 spiro atoms. The number of rotatable bonds is 7. The van der Waals surface area contributed by atoms with Crippen LogP contribution in [-0.4, -0.2) is 16.4 Å². The van der Waals surface area contributed by atoms with Crippen molar-refractivity contribution < 1.29 is 9.85 Å². The van der Waals surface area contributed by atoms with Crippen molar-refractivity contribution in [3.05, 3.63) is 73.8 Å². The van der Waals surface area contributed by atoms with E-state index in [1.165, 1.54) is 18.2 Å². The number of non-ortho nitro benzene ring substituents is 1. The first kappa shape index (κ1) is 17.1. The summed E-state index contributed by atoms with van der Waals surface area (Å²) < 4.78 is 0. The molecule has 0 aliphatic carbocycles. The molecule has 0 unspecified atom stereocenters. The first-order valence-corrected chi connectivity index (χ1v) is 7.46. The lowest BCUT2D eigenvalue weighted by Crippen LogP contribution is -2.03. The topological polar surface area (TPSA) is 98.3 Å². The van der Waals surface area contributed by atoms with Gasteiger partial charge in [-0.15, -0.1) is 0 Å². The van der Waals surface area contributed by atoms with E-state index in [-0.39, 0.29) is 11.4 Å². The molecule has 24 heavy (non-hydrogen) atoms. The van der Waals surface area contributed by atoms with Gasteiger partial charge in [0.05, 0.1) is 9.85 Å². The maximum Gasteiger partial charge on any atom is 0.292 e. The van der Waals surface area contributed by atoms with Crippen molar-refractivity contribution in [2.75, 3.05) is 11.9 Å². The summed E-state index contributed by atoms with van der Waals surface area (Å²) in [6.45, 7) is 2.65. The summed E-state index contributed by atoms with van der Waals surface area (Å²) in [4.78, 5) is 20.9. The van der Waals surface area contributed by atoms with Gasteiger partial charge in [0.2, 0.25) is 0 Å². The maximum atomic E-state index is 11.2. The SMILES string of the molecule is CCCNc1ccc(/C=C/c2ccc([N+](=O)[O-])cc2)cc1[N+](=O)[O-]. The van der Waals surface area contributed by atoms with Crippen molar-refractivity contribution in [2.45, 2.75) is 13.3 Å². The van der Waals surface area contributed by atoms with E-state index >= 15 is 0 Å². The van der Waals surface area contributed by atoms with Gasteiger partial charge in [-0.2, -0.15) is 0 Å². The van der Waals surface area contributed by atoms with Crippen LogP contribution < -0.4 is 5.32 Å². The minimum atomic E-state index is -0.459. The van der Waals surface area contributed by atoms with Gasteiger partial charge in [0, 0.05) is 24.7 Å². The molecule has 0 aliphatic rings. The molecule has 0 saturated heterocycles. The van der Waals surface area contributed by atoms with Gasteiger partial charge >= 0.3 is 0 Å². The number of anilines is 1. The Hall–Kier alpha value is -3.22. The Balaban J connectivity index is 2.21. The average molecular weight is 327 g/mol. The summed E-state index contributed by atoms with van der Waals surface area (Å²) in [6, 6.07) is 11.1. The Morgan fingerprint density at radius 3 is 2.17 bits per heavy atom. The minimum absolute atomic E-state index is 0.0224. The van der Waals surface area contributed by atoms with Crippen LogP contribution in [0.1, 0.15) is 24.5 Å². The van der Waals surface area contributed by atoms with E-state index in [0.717, 1.165) is 12.0 Å². The molecule has 2 aromatic rings. The van der Waals surface area contributed by atoms with Crippen LogP contribution in [0.15, 0.2) is 42.5 Å². The van der Waals surface area contributed by atoms with Gasteiger partial charge < -0.3 is 5.32 Å². The fourth-order valence-electron chi connectivity index (χ4n) is 2.11. The lowest BCUT2D eigenvalue weighted by atomic mass is 10.1. The van der Waals surface area contributed by atoms with E-state index in [1.54, 1.807) is 36.4 Å². The molecule has 1 N–H and O–H groups in total. The van der Waals surface area contributed by atoms with Gasteiger partial charge in [-0.1, -0.05) is 25.1 Å². The zero-order valence-corrected chi connectivity index (χ0v) is 13.1. The van der Waals surface area contributed by atoms with E-state index in [1.807, 2.05) is 6.92 Å². The molecule has 0 bridgehead atoms. The second-order valence-electron chi connectivity index (χ2n) is 5.14. The van der Waals surface area contributed by atoms with Crippen LogP contribution in [0.25, 0.3) is 12.2 Å². The Morgan fingerprint density at radius 2 is 1.58 bits per heavy atom. The number of nitrogens with one attached hydrogen (secondary N) is 1. The van der Waals surface area contributed by atoms with Crippen molar-refractivity contribution in [1.82, 2.24) is 0 Å². The molecule has 7 heteroatoms. The van der Waals surface area contributed by atoms with Gasteiger partial charge in [0.15, 0.2) is 0 Å². The monoisotopic (exact) mass is 327 g/mol. The highest BCUT2D eigenvalue weighted by atomic mass is 16.6. The van der Waals surface area contributed by atoms with Crippen LogP contribution in [0.2, 0.25) is 0 Å². The third-order valence-corrected chi connectivity index (χ3v) is 3.36. The molecule has 0 amide bonds. The van der Waals surface area contributed by atoms with Crippen molar-refractivity contribution >= 4 is 29.2 Å². The van der Waals surface area contributed by atoms with Crippen LogP contribution in [0.4, 0.5) is 17.1 Å². The zero-order chi connectivity index (χ0) is 17.5. The Kier molecular flexibility index (Phi) is 5.62. The van der Waals surface area contributed by atoms with Crippen LogP contribution in [-0.2, 0) is 0 Å². The largest absolute Gasteiger partial charge is 0.380 e. The number of nitrogens with zero attached hydrogens (tertiary/aromatic N) is 2. The van der Waals surface area contributed by atoms with E-state index in [9.17, 15) is 20.2 Å². The average Bonchev–Trinajstić information content (AvgIpc) is 2.58. The third-order valence-electron chi connectivity index (χ3n) is 3.36. The normalized spacial score (nSPS) is 10.7. The van der Waals surface area contributed by atoms with Gasteiger partial charge in [0.1, 0.15) is 5.69 Å². The Labute approximate surface area is 138 Å². The number of hydrogen-bond donors (Lipinski definition) is 1. The Morgan fingerprint density at radius 1 is 0.958 bits per heavy atom. The predicted octanol–water partition coefficient (Wildman–Crippen LogP) is 4.50. The van der Waals surface area contributed by atoms with E-state index in [4.69, 9.17) is 0 Å². The summed E-state index contributed by atoms with van der Waals surface area (Å²) in [5.41, 5.74) is 2.00. The fourth-order valence-corrected chi connectivity index (χ4v) is 2.11. The second kappa shape index (κ2) is 7.87. The van der Waals surface area contributed by atoms with Crippen molar-refractivity contribution in [3.63, 3.8) is 0 Å². The van der Waals surface area contributed by atoms with Crippen molar-refractivity contribution in [1.29, 1.82) is 0 Å². The zero-order valence-electron chi connectivity index (χ0n) is 13.1. The van der Waals surface area contributed by atoms with Gasteiger partial charge in [-0.05, 0) is 35.7 Å². The summed E-state index contributed by atoms with van der Waals surface area (Å²) in [5.74, 6) is 0. The molecular formula is C17H17N3O4. The smallest absolute Gasteiger partial charge is 0.292 e. The van der Waals surface area contributed by atoms with Gasteiger partial charge in [-0.3, -0.25) is 20.2 Å². The minimum Gasteiger partial charge on any atom is -0.380 e. The summed E-state index contributed by atoms with van der Waals surface area (Å²) >= 11 is 0. The Bertz CT molecular complexity index is 770. The van der Waals surface area contributed by atoms with Gasteiger partial charge in [0.25, 0.3) is 11.4 Å². The molecule has 0 fully saturated rings. The molecule has 0 radical (unpaired) electrons. The molecule has 0 heterocycles. The quantitative estimate of drug-likeness (QED) is 0.459. The van der Waals surface area contributed by atoms with Gasteiger partial charge in [-0.25, -0.2) is 0 Å². The van der Waals surface area contributed by atoms with Crippen LogP contribution >= 0.6 is 0 Å². The van der Waals surface area contributed by atoms with E-state index in [0.29, 0.717) is 17.8 Å². The van der Waals surface area contributed by atoms with Crippen molar-refractivity contribution in [3.8, 4) is 0 Å². The fraction of sp³-hybridized carbons (Fsp3) is 0.176. The molecule has 0 saturated carbocycles. The second-order valence-corrected chi connectivity index (χ2v) is 5.14. The molecule has 0 atom stereocenters. The summed E-state index contributed by atoms with van der Waals surface area (Å²) in [7, 11) is 0. The first-order valence-electron chi connectivity index (χ1n) is 7.46. The van der Waals surface area contributed by atoms with Crippen molar-refractivity contribution in [2.24, 2.45) is 0 Å². The van der Waals surface area contributed by atoms with Crippen LogP contribution in [0.3, 0.4) is 0 Å². The summed E-state index contributed by atoms with van der Waals surface area (Å²) in [6.07, 6.45) is 4.36. The molecule has 2 aromatic carbocycles. The van der Waals surface area contributed by atoms with Crippen LogP contribution in [0.5, 0.6) is 0 Å². The first-order chi connectivity index (χ1) is 11.5. The molecule has 0 aliphatic heterocycles. The molecule has 2 rings (SSSR count). The number of benzene rings is 2. The lowest BCUT2D eigenvalue weighted by molar-refractivity contribution is -0.384. The maximum absolute atomic E-state index is 11.2. The number of nitro benzene ring substituents is 2. The summed E-state index contributed by atoms with van der Waals surface area (Å²) in [5, 5.41) is 24.8. The molecule has 124 valence electrons. The highest BCUT2D eigenvalue weighted by Gasteiger charge is 2.13. The lowest BCUT2D eigenvalue weighted by Gasteiger charge is -2.06. The standard InChI is InChI=1S/C17H17N3O4/c1-2-11-18-16-10-7-14(12-17(16)20(23)24)4-3-13-5-8-15(9-6-13)19(21)22/h3-10,12,18H,2,11H2,1H3/b4-3+. The molecular weight excluding hydrogens is 310 g/mol. The molecule has 7 nitrogen and oxygen atoms in total.